The number of nitriles is 1. The van der Waals surface area contributed by atoms with Gasteiger partial charge in [-0.15, -0.1) is 0 Å². The van der Waals surface area contributed by atoms with Crippen LogP contribution in [-0.2, 0) is 9.59 Å². The van der Waals surface area contributed by atoms with Crippen LogP contribution in [0.2, 0.25) is 0 Å². The average Bonchev–Trinajstić information content (AvgIpc) is 2.28. The van der Waals surface area contributed by atoms with Gasteiger partial charge in [-0.25, -0.2) is 0 Å². The summed E-state index contributed by atoms with van der Waals surface area (Å²) in [5.74, 6) is -1.99. The highest BCUT2D eigenvalue weighted by Crippen LogP contribution is 2.13. The standard InChI is InChI=1S/C15H18N2O2/c1-10(2)7-14(18)13(9-16)15(19)17-12-6-4-5-11(3)8-12/h4-6,8,10,13H,7H2,1-3H3,(H,17,19)/t13-/m1/s1. The lowest BCUT2D eigenvalue weighted by Gasteiger charge is -2.11. The van der Waals surface area contributed by atoms with Crippen molar-refractivity contribution in [2.75, 3.05) is 5.32 Å². The number of nitrogens with one attached hydrogen (secondary N) is 1. The number of amides is 1. The van der Waals surface area contributed by atoms with Gasteiger partial charge in [0.2, 0.25) is 5.91 Å². The lowest BCUT2D eigenvalue weighted by Crippen LogP contribution is -2.29. The molecule has 0 aliphatic carbocycles. The van der Waals surface area contributed by atoms with Crippen molar-refractivity contribution >= 4 is 17.4 Å². The van der Waals surface area contributed by atoms with E-state index in [1.165, 1.54) is 0 Å². The van der Waals surface area contributed by atoms with Crippen LogP contribution < -0.4 is 5.32 Å². The Morgan fingerprint density at radius 1 is 1.37 bits per heavy atom. The molecule has 100 valence electrons. The molecule has 1 amide bonds. The van der Waals surface area contributed by atoms with Gasteiger partial charge in [-0.1, -0.05) is 26.0 Å². The number of hydrogen-bond donors (Lipinski definition) is 1. The van der Waals surface area contributed by atoms with E-state index in [1.54, 1.807) is 18.2 Å². The van der Waals surface area contributed by atoms with Crippen molar-refractivity contribution in [3.8, 4) is 6.07 Å². The van der Waals surface area contributed by atoms with Crippen molar-refractivity contribution in [2.24, 2.45) is 11.8 Å². The van der Waals surface area contributed by atoms with Gasteiger partial charge in [0.05, 0.1) is 6.07 Å². The SMILES string of the molecule is Cc1cccc(NC(=O)[C@H](C#N)C(=O)CC(C)C)c1. The topological polar surface area (TPSA) is 70.0 Å². The number of aryl methyl sites for hydroxylation is 1. The molecule has 0 aliphatic heterocycles. The number of anilines is 1. The monoisotopic (exact) mass is 258 g/mol. The van der Waals surface area contributed by atoms with Crippen LogP contribution in [0, 0.1) is 30.1 Å². The third-order valence-corrected chi connectivity index (χ3v) is 2.61. The van der Waals surface area contributed by atoms with Crippen molar-refractivity contribution in [3.63, 3.8) is 0 Å². The molecule has 0 saturated carbocycles. The van der Waals surface area contributed by atoms with Crippen molar-refractivity contribution in [1.29, 1.82) is 5.26 Å². The van der Waals surface area contributed by atoms with Crippen molar-refractivity contribution < 1.29 is 9.59 Å². The van der Waals surface area contributed by atoms with Crippen LogP contribution in [0.25, 0.3) is 0 Å². The molecular formula is C15H18N2O2. The van der Waals surface area contributed by atoms with Gasteiger partial charge in [-0.05, 0) is 30.5 Å². The zero-order valence-electron chi connectivity index (χ0n) is 11.4. The van der Waals surface area contributed by atoms with Gasteiger partial charge in [-0.3, -0.25) is 9.59 Å². The van der Waals surface area contributed by atoms with E-state index in [9.17, 15) is 9.59 Å². The third-order valence-electron chi connectivity index (χ3n) is 2.61. The normalized spacial score (nSPS) is 11.7. The number of carbonyl (C=O) groups excluding carboxylic acids is 2. The fourth-order valence-corrected chi connectivity index (χ4v) is 1.73. The summed E-state index contributed by atoms with van der Waals surface area (Å²) in [6, 6.07) is 9.01. The number of rotatable bonds is 5. The predicted molar refractivity (Wildman–Crippen MR) is 73.4 cm³/mol. The van der Waals surface area contributed by atoms with Crippen LogP contribution in [-0.4, -0.2) is 11.7 Å². The smallest absolute Gasteiger partial charge is 0.249 e. The maximum absolute atomic E-state index is 11.9. The fourth-order valence-electron chi connectivity index (χ4n) is 1.73. The molecule has 1 atom stereocenters. The van der Waals surface area contributed by atoms with Crippen molar-refractivity contribution in [2.45, 2.75) is 27.2 Å². The van der Waals surface area contributed by atoms with Crippen LogP contribution in [0.4, 0.5) is 5.69 Å². The molecular weight excluding hydrogens is 240 g/mol. The molecule has 4 nitrogen and oxygen atoms in total. The average molecular weight is 258 g/mol. The Morgan fingerprint density at radius 3 is 2.58 bits per heavy atom. The second-order valence-corrected chi connectivity index (χ2v) is 4.99. The molecule has 4 heteroatoms. The first-order chi connectivity index (χ1) is 8.93. The number of ketones is 1. The second-order valence-electron chi connectivity index (χ2n) is 4.99. The summed E-state index contributed by atoms with van der Waals surface area (Å²) < 4.78 is 0. The Labute approximate surface area is 113 Å². The maximum Gasteiger partial charge on any atom is 0.249 e. The van der Waals surface area contributed by atoms with Gasteiger partial charge in [0.1, 0.15) is 0 Å². The van der Waals surface area contributed by atoms with Gasteiger partial charge in [0.25, 0.3) is 0 Å². The van der Waals surface area contributed by atoms with Crippen LogP contribution in [0.5, 0.6) is 0 Å². The van der Waals surface area contributed by atoms with Crippen molar-refractivity contribution in [1.82, 2.24) is 0 Å². The summed E-state index contributed by atoms with van der Waals surface area (Å²) in [4.78, 5) is 23.7. The molecule has 1 aromatic carbocycles. The van der Waals surface area contributed by atoms with E-state index in [2.05, 4.69) is 5.32 Å². The van der Waals surface area contributed by atoms with E-state index in [1.807, 2.05) is 32.9 Å². The van der Waals surface area contributed by atoms with E-state index in [0.717, 1.165) is 5.56 Å². The zero-order chi connectivity index (χ0) is 14.4. The van der Waals surface area contributed by atoms with Crippen molar-refractivity contribution in [3.05, 3.63) is 29.8 Å². The summed E-state index contributed by atoms with van der Waals surface area (Å²) in [6.45, 7) is 5.66. The van der Waals surface area contributed by atoms with Gasteiger partial charge < -0.3 is 5.32 Å². The highest BCUT2D eigenvalue weighted by atomic mass is 16.2. The number of nitrogens with zero attached hydrogens (tertiary/aromatic N) is 1. The summed E-state index contributed by atoms with van der Waals surface area (Å²) in [7, 11) is 0. The molecule has 0 aliphatic rings. The van der Waals surface area contributed by atoms with Gasteiger partial charge >= 0.3 is 0 Å². The second kappa shape index (κ2) is 6.69. The molecule has 0 aromatic heterocycles. The molecule has 0 spiro atoms. The van der Waals surface area contributed by atoms with Gasteiger partial charge in [-0.2, -0.15) is 5.26 Å². The summed E-state index contributed by atoms with van der Waals surface area (Å²) >= 11 is 0. The number of benzene rings is 1. The minimum Gasteiger partial charge on any atom is -0.325 e. The zero-order valence-corrected chi connectivity index (χ0v) is 11.4. The minimum atomic E-state index is -1.23. The fraction of sp³-hybridized carbons (Fsp3) is 0.400. The first kappa shape index (κ1) is 14.9. The van der Waals surface area contributed by atoms with Gasteiger partial charge in [0, 0.05) is 12.1 Å². The third kappa shape index (κ3) is 4.55. The van der Waals surface area contributed by atoms with E-state index in [0.29, 0.717) is 5.69 Å². The number of carbonyl (C=O) groups is 2. The first-order valence-electron chi connectivity index (χ1n) is 6.24. The van der Waals surface area contributed by atoms with Crippen LogP contribution in [0.15, 0.2) is 24.3 Å². The quantitative estimate of drug-likeness (QED) is 0.825. The van der Waals surface area contributed by atoms with E-state index >= 15 is 0 Å². The minimum absolute atomic E-state index is 0.134. The highest BCUT2D eigenvalue weighted by molar-refractivity contribution is 6.09. The Kier molecular flexibility index (Phi) is 5.25. The molecule has 1 N–H and O–H groups in total. The Morgan fingerprint density at radius 2 is 2.05 bits per heavy atom. The predicted octanol–water partition coefficient (Wildman–Crippen LogP) is 2.69. The van der Waals surface area contributed by atoms with E-state index in [4.69, 9.17) is 5.26 Å². The molecule has 1 aromatic rings. The molecule has 0 saturated heterocycles. The molecule has 0 radical (unpaired) electrons. The highest BCUT2D eigenvalue weighted by Gasteiger charge is 2.26. The molecule has 0 unspecified atom stereocenters. The Hall–Kier alpha value is -2.15. The Balaban J connectivity index is 2.75. The van der Waals surface area contributed by atoms with E-state index in [-0.39, 0.29) is 18.1 Å². The summed E-state index contributed by atoms with van der Waals surface area (Å²) in [6.07, 6.45) is 0.236. The lowest BCUT2D eigenvalue weighted by atomic mass is 9.96. The summed E-state index contributed by atoms with van der Waals surface area (Å²) in [5.41, 5.74) is 1.60. The van der Waals surface area contributed by atoms with Crippen LogP contribution in [0.1, 0.15) is 25.8 Å². The number of Topliss-reactive ketones (excluding diaryl/α,β-unsaturated/α-hetero) is 1. The lowest BCUT2D eigenvalue weighted by molar-refractivity contribution is -0.129. The maximum atomic E-state index is 11.9. The van der Waals surface area contributed by atoms with E-state index < -0.39 is 11.8 Å². The van der Waals surface area contributed by atoms with Gasteiger partial charge in [0.15, 0.2) is 11.7 Å². The molecule has 1 rings (SSSR count). The molecule has 19 heavy (non-hydrogen) atoms. The first-order valence-corrected chi connectivity index (χ1v) is 6.24. The molecule has 0 fully saturated rings. The molecule has 0 bridgehead atoms. The largest absolute Gasteiger partial charge is 0.325 e. The van der Waals surface area contributed by atoms with Crippen LogP contribution in [0.3, 0.4) is 0 Å². The number of hydrogen-bond acceptors (Lipinski definition) is 3. The van der Waals surface area contributed by atoms with Crippen LogP contribution >= 0.6 is 0 Å². The molecule has 0 heterocycles. The Bertz CT molecular complexity index is 515. The summed E-state index contributed by atoms with van der Waals surface area (Å²) in [5, 5.41) is 11.6.